The van der Waals surface area contributed by atoms with Crippen LogP contribution in [0.25, 0.3) is 22.6 Å². The first-order valence-electron chi connectivity index (χ1n) is 8.85. The van der Waals surface area contributed by atoms with Crippen LogP contribution in [0.5, 0.6) is 5.75 Å². The first-order chi connectivity index (χ1) is 13.5. The van der Waals surface area contributed by atoms with E-state index in [2.05, 4.69) is 9.97 Å². The van der Waals surface area contributed by atoms with Crippen molar-refractivity contribution in [2.24, 2.45) is 0 Å². The van der Waals surface area contributed by atoms with Gasteiger partial charge in [-0.2, -0.15) is 12.7 Å². The molecular formula is C19H22N4O5S. The maximum absolute atomic E-state index is 13.1. The zero-order valence-electron chi connectivity index (χ0n) is 16.7. The second-order valence-electron chi connectivity index (χ2n) is 6.99. The summed E-state index contributed by atoms with van der Waals surface area (Å²) in [5, 5.41) is 9.64. The van der Waals surface area contributed by atoms with Gasteiger partial charge in [0, 0.05) is 20.3 Å². The Morgan fingerprint density at radius 3 is 2.55 bits per heavy atom. The van der Waals surface area contributed by atoms with Crippen molar-refractivity contribution in [3.8, 4) is 17.3 Å². The van der Waals surface area contributed by atoms with Crippen LogP contribution >= 0.6 is 0 Å². The Bertz CT molecular complexity index is 1200. The van der Waals surface area contributed by atoms with Crippen LogP contribution in [0.3, 0.4) is 0 Å². The van der Waals surface area contributed by atoms with Gasteiger partial charge >= 0.3 is 16.2 Å². The molecule has 2 heterocycles. The van der Waals surface area contributed by atoms with Crippen molar-refractivity contribution in [3.05, 3.63) is 41.6 Å². The number of imidazole rings is 1. The molecule has 0 amide bonds. The molecule has 0 radical (unpaired) electrons. The minimum absolute atomic E-state index is 0.0415. The number of para-hydroxylation sites is 1. The van der Waals surface area contributed by atoms with Crippen molar-refractivity contribution in [1.82, 2.24) is 18.2 Å². The van der Waals surface area contributed by atoms with E-state index in [0.717, 1.165) is 8.28 Å². The van der Waals surface area contributed by atoms with Gasteiger partial charge in [-0.3, -0.25) is 4.98 Å². The molecule has 3 aromatic rings. The van der Waals surface area contributed by atoms with E-state index in [9.17, 15) is 18.3 Å². The Labute approximate surface area is 168 Å². The molecule has 0 aliphatic heterocycles. The molecule has 9 nitrogen and oxygen atoms in total. The van der Waals surface area contributed by atoms with Crippen LogP contribution in [0.15, 0.2) is 30.5 Å². The lowest BCUT2D eigenvalue weighted by Crippen LogP contribution is -2.29. The Morgan fingerprint density at radius 2 is 1.97 bits per heavy atom. The van der Waals surface area contributed by atoms with Crippen molar-refractivity contribution in [2.45, 2.75) is 26.9 Å². The molecule has 154 valence electrons. The van der Waals surface area contributed by atoms with E-state index in [-0.39, 0.29) is 28.7 Å². The first kappa shape index (κ1) is 20.7. The summed E-state index contributed by atoms with van der Waals surface area (Å²) in [5.74, 6) is -0.919. The number of fused-ring (bicyclic) bond motifs is 1. The number of aromatic nitrogens is 3. The summed E-state index contributed by atoms with van der Waals surface area (Å²) in [7, 11) is -1.26. The van der Waals surface area contributed by atoms with E-state index >= 15 is 0 Å². The van der Waals surface area contributed by atoms with E-state index in [4.69, 9.17) is 4.74 Å². The quantitative estimate of drug-likeness (QED) is 0.654. The number of ether oxygens (including phenoxy) is 1. The molecule has 0 saturated heterocycles. The Balaban J connectivity index is 2.46. The lowest BCUT2D eigenvalue weighted by molar-refractivity contribution is 0.0697. The molecule has 0 bridgehead atoms. The average Bonchev–Trinajstić information content (AvgIpc) is 3.02. The predicted octanol–water partition coefficient (Wildman–Crippen LogP) is 2.55. The summed E-state index contributed by atoms with van der Waals surface area (Å²) in [6.07, 6.45) is 1.31. The van der Waals surface area contributed by atoms with Crippen LogP contribution in [0.1, 0.15) is 29.8 Å². The highest BCUT2D eigenvalue weighted by atomic mass is 32.2. The van der Waals surface area contributed by atoms with Crippen LogP contribution in [0.4, 0.5) is 0 Å². The number of rotatable bonds is 6. The molecule has 0 aliphatic rings. The van der Waals surface area contributed by atoms with Gasteiger partial charge in [-0.05, 0) is 44.5 Å². The third kappa shape index (κ3) is 3.68. The van der Waals surface area contributed by atoms with Crippen molar-refractivity contribution >= 4 is 27.2 Å². The second-order valence-corrected chi connectivity index (χ2v) is 8.99. The summed E-state index contributed by atoms with van der Waals surface area (Å²) >= 11 is 0. The largest absolute Gasteiger partial charge is 0.489 e. The molecule has 0 fully saturated rings. The molecule has 0 unspecified atom stereocenters. The molecule has 2 aromatic heterocycles. The number of carboxylic acid groups (broad SMARTS) is 1. The number of hydrogen-bond acceptors (Lipinski definition) is 6. The summed E-state index contributed by atoms with van der Waals surface area (Å²) in [4.78, 5) is 20.5. The van der Waals surface area contributed by atoms with Gasteiger partial charge in [-0.15, -0.1) is 0 Å². The summed E-state index contributed by atoms with van der Waals surface area (Å²) in [6, 6.07) is 6.37. The molecule has 1 aromatic carbocycles. The van der Waals surface area contributed by atoms with Crippen LogP contribution in [0, 0.1) is 6.92 Å². The molecule has 3 rings (SSSR count). The minimum atomic E-state index is -4.04. The van der Waals surface area contributed by atoms with Crippen LogP contribution in [0.2, 0.25) is 0 Å². The van der Waals surface area contributed by atoms with E-state index in [1.807, 2.05) is 13.8 Å². The predicted molar refractivity (Wildman–Crippen MR) is 108 cm³/mol. The number of nitrogens with zero attached hydrogens (tertiary/aromatic N) is 4. The number of hydrogen-bond donors (Lipinski definition) is 1. The van der Waals surface area contributed by atoms with Gasteiger partial charge in [0.2, 0.25) is 0 Å². The van der Waals surface area contributed by atoms with Gasteiger partial charge < -0.3 is 9.84 Å². The van der Waals surface area contributed by atoms with E-state index < -0.39 is 16.2 Å². The Kier molecular flexibility index (Phi) is 5.33. The van der Waals surface area contributed by atoms with Gasteiger partial charge in [-0.1, -0.05) is 6.07 Å². The maximum Gasteiger partial charge on any atom is 0.338 e. The number of pyridine rings is 1. The summed E-state index contributed by atoms with van der Waals surface area (Å²) < 4.78 is 34.0. The third-order valence-electron chi connectivity index (χ3n) is 4.13. The molecule has 0 aliphatic carbocycles. The Morgan fingerprint density at radius 1 is 1.28 bits per heavy atom. The van der Waals surface area contributed by atoms with E-state index in [1.54, 1.807) is 25.1 Å². The van der Waals surface area contributed by atoms with E-state index in [1.165, 1.54) is 26.4 Å². The number of benzene rings is 1. The highest BCUT2D eigenvalue weighted by Crippen LogP contribution is 2.33. The highest BCUT2D eigenvalue weighted by Gasteiger charge is 2.29. The number of carboxylic acids is 1. The zero-order chi connectivity index (χ0) is 21.5. The van der Waals surface area contributed by atoms with Crippen LogP contribution in [-0.2, 0) is 10.2 Å². The first-order valence-corrected chi connectivity index (χ1v) is 10.2. The summed E-state index contributed by atoms with van der Waals surface area (Å²) in [6.45, 7) is 5.39. The fourth-order valence-electron chi connectivity index (χ4n) is 2.86. The van der Waals surface area contributed by atoms with Crippen LogP contribution < -0.4 is 4.74 Å². The normalized spacial score (nSPS) is 12.1. The van der Waals surface area contributed by atoms with Gasteiger partial charge in [0.1, 0.15) is 17.0 Å². The second kappa shape index (κ2) is 7.45. The van der Waals surface area contributed by atoms with Gasteiger partial charge in [-0.25, -0.2) is 13.8 Å². The average molecular weight is 418 g/mol. The molecule has 29 heavy (non-hydrogen) atoms. The maximum atomic E-state index is 13.1. The molecule has 0 atom stereocenters. The van der Waals surface area contributed by atoms with Crippen molar-refractivity contribution < 1.29 is 23.1 Å². The Hall–Kier alpha value is -2.98. The lowest BCUT2D eigenvalue weighted by atomic mass is 10.1. The zero-order valence-corrected chi connectivity index (χ0v) is 17.6. The lowest BCUT2D eigenvalue weighted by Gasteiger charge is -2.16. The smallest absolute Gasteiger partial charge is 0.338 e. The van der Waals surface area contributed by atoms with E-state index in [0.29, 0.717) is 16.8 Å². The van der Waals surface area contributed by atoms with Crippen molar-refractivity contribution in [2.75, 3.05) is 14.1 Å². The number of aryl methyl sites for hydroxylation is 1. The number of carbonyl (C=O) groups is 1. The fourth-order valence-corrected chi connectivity index (χ4v) is 3.93. The topological polar surface area (TPSA) is 115 Å². The fraction of sp³-hybridized carbons (Fsp3) is 0.316. The molecule has 0 saturated carbocycles. The van der Waals surface area contributed by atoms with Crippen molar-refractivity contribution in [1.29, 1.82) is 0 Å². The van der Waals surface area contributed by atoms with Gasteiger partial charge in [0.15, 0.2) is 5.82 Å². The minimum Gasteiger partial charge on any atom is -0.489 e. The molecule has 1 N–H and O–H groups in total. The monoisotopic (exact) mass is 418 g/mol. The molecule has 10 heteroatoms. The van der Waals surface area contributed by atoms with Gasteiger partial charge in [0.05, 0.1) is 17.2 Å². The SMILES string of the molecule is Cc1cnc(-c2nc3c(OC(C)C)cccc3n2S(=O)(=O)N(C)C)c(C(=O)O)c1. The molecular weight excluding hydrogens is 396 g/mol. The molecule has 0 spiro atoms. The standard InChI is InChI=1S/C19H22N4O5S/c1-11(2)28-15-8-6-7-14-17(15)21-18(23(14)29(26,27)22(4)5)16-13(19(24)25)9-12(3)10-20-16/h6-11H,1-5H3,(H,24,25). The summed E-state index contributed by atoms with van der Waals surface area (Å²) in [5.41, 5.74) is 1.03. The van der Waals surface area contributed by atoms with Crippen LogP contribution in [-0.4, -0.2) is 57.9 Å². The van der Waals surface area contributed by atoms with Crippen molar-refractivity contribution in [3.63, 3.8) is 0 Å². The number of aromatic carboxylic acids is 1. The highest BCUT2D eigenvalue weighted by molar-refractivity contribution is 7.87. The van der Waals surface area contributed by atoms with Gasteiger partial charge in [0.25, 0.3) is 0 Å². The third-order valence-corrected chi connectivity index (χ3v) is 5.88.